The molecule has 7 heteroatoms. The lowest BCUT2D eigenvalue weighted by Gasteiger charge is -2.34. The molecule has 2 aromatic rings. The first-order valence-electron chi connectivity index (χ1n) is 10.5. The number of phenols is 1. The van der Waals surface area contributed by atoms with Crippen molar-refractivity contribution in [3.63, 3.8) is 0 Å². The average molecular weight is 419 g/mol. The molecular weight excluding hydrogens is 394 g/mol. The number of fused-ring (bicyclic) bond motifs is 4. The van der Waals surface area contributed by atoms with Gasteiger partial charge < -0.3 is 10.4 Å². The quantitative estimate of drug-likeness (QED) is 0.648. The van der Waals surface area contributed by atoms with Gasteiger partial charge in [0.15, 0.2) is 0 Å². The number of imide groups is 1. The highest BCUT2D eigenvalue weighted by molar-refractivity contribution is 6.15. The number of nitrogens with one attached hydrogen (secondary N) is 2. The van der Waals surface area contributed by atoms with Crippen LogP contribution in [0.3, 0.4) is 0 Å². The second-order valence-electron chi connectivity index (χ2n) is 9.62. The van der Waals surface area contributed by atoms with E-state index in [2.05, 4.69) is 10.6 Å². The van der Waals surface area contributed by atoms with E-state index in [-0.39, 0.29) is 23.5 Å². The highest BCUT2D eigenvalue weighted by atomic mass is 16.3. The third kappa shape index (κ3) is 2.66. The molecule has 0 aromatic heterocycles. The van der Waals surface area contributed by atoms with Gasteiger partial charge in [0.25, 0.3) is 0 Å². The number of para-hydroxylation sites is 1. The van der Waals surface area contributed by atoms with Crippen LogP contribution in [-0.4, -0.2) is 39.3 Å². The molecule has 1 spiro atoms. The molecule has 3 heterocycles. The maximum absolute atomic E-state index is 13.7. The predicted octanol–water partition coefficient (Wildman–Crippen LogP) is 2.15. The Kier molecular flexibility index (Phi) is 4.08. The molecule has 2 saturated heterocycles. The highest BCUT2D eigenvalue weighted by Crippen LogP contribution is 2.54. The second-order valence-corrected chi connectivity index (χ2v) is 9.62. The van der Waals surface area contributed by atoms with Crippen LogP contribution >= 0.6 is 0 Å². The van der Waals surface area contributed by atoms with Crippen molar-refractivity contribution in [2.45, 2.75) is 44.3 Å². The topological polar surface area (TPSA) is 98.7 Å². The van der Waals surface area contributed by atoms with Crippen molar-refractivity contribution in [3.8, 4) is 5.75 Å². The zero-order valence-electron chi connectivity index (χ0n) is 17.7. The summed E-state index contributed by atoms with van der Waals surface area (Å²) in [7, 11) is 0. The number of amides is 3. The number of phenolic OH excluding ortho intramolecular Hbond substituents is 1. The van der Waals surface area contributed by atoms with Crippen molar-refractivity contribution < 1.29 is 19.5 Å². The first-order chi connectivity index (χ1) is 14.6. The lowest BCUT2D eigenvalue weighted by molar-refractivity contribution is -0.147. The van der Waals surface area contributed by atoms with Crippen LogP contribution in [0.4, 0.5) is 5.69 Å². The van der Waals surface area contributed by atoms with Crippen LogP contribution in [0.25, 0.3) is 0 Å². The van der Waals surface area contributed by atoms with Gasteiger partial charge in [-0.1, -0.05) is 30.3 Å². The van der Waals surface area contributed by atoms with Crippen LogP contribution in [0.2, 0.25) is 0 Å². The van der Waals surface area contributed by atoms with Gasteiger partial charge in [0.05, 0.1) is 11.8 Å². The molecule has 2 fully saturated rings. The molecular formula is C24H25N3O4. The molecule has 0 bridgehead atoms. The summed E-state index contributed by atoms with van der Waals surface area (Å²) in [5.41, 5.74) is 0.318. The number of hydrogen-bond acceptors (Lipinski definition) is 5. The number of aromatic hydroxyl groups is 1. The minimum Gasteiger partial charge on any atom is -0.508 e. The van der Waals surface area contributed by atoms with E-state index in [0.29, 0.717) is 17.7 Å². The Bertz CT molecular complexity index is 1100. The van der Waals surface area contributed by atoms with E-state index < -0.39 is 29.0 Å². The van der Waals surface area contributed by atoms with Gasteiger partial charge in [-0.25, -0.2) is 0 Å². The Morgan fingerprint density at radius 1 is 1.00 bits per heavy atom. The molecule has 4 atom stereocenters. The number of hydrogen-bond donors (Lipinski definition) is 3. The van der Waals surface area contributed by atoms with Crippen LogP contribution in [0, 0.1) is 11.8 Å². The molecule has 0 unspecified atom stereocenters. The van der Waals surface area contributed by atoms with Gasteiger partial charge in [0, 0.05) is 22.8 Å². The Labute approximate surface area is 180 Å². The van der Waals surface area contributed by atoms with E-state index in [1.165, 1.54) is 4.90 Å². The maximum atomic E-state index is 13.7. The smallest absolute Gasteiger partial charge is 0.250 e. The Morgan fingerprint density at radius 3 is 2.35 bits per heavy atom. The Hall–Kier alpha value is -3.19. The molecule has 3 aliphatic rings. The van der Waals surface area contributed by atoms with Crippen LogP contribution in [-0.2, 0) is 26.3 Å². The van der Waals surface area contributed by atoms with E-state index in [0.717, 1.165) is 5.56 Å². The summed E-state index contributed by atoms with van der Waals surface area (Å²) in [6.45, 7) is 5.50. The fourth-order valence-corrected chi connectivity index (χ4v) is 5.48. The standard InChI is InChI=1S/C24H25N3O4/c1-23(2,3)27-20(29)18-17(12-13-8-10-14(28)11-9-13)26-24(19(18)21(27)30)15-6-4-5-7-16(15)25-22(24)31/h4-11,17-19,26,28H,12H2,1-3H3,(H,25,31)/t17-,18-,19+,24+/m1/s1. The third-order valence-electron chi connectivity index (χ3n) is 6.69. The number of anilines is 1. The largest absolute Gasteiger partial charge is 0.508 e. The summed E-state index contributed by atoms with van der Waals surface area (Å²) in [5, 5.41) is 15.9. The van der Waals surface area contributed by atoms with Gasteiger partial charge in [0.1, 0.15) is 11.3 Å². The SMILES string of the molecule is CC(C)(C)N1C(=O)[C@H]2[C@@H](C1=O)[C@]1(N[C@@H]2Cc2ccc(O)cc2)C(=O)Nc2ccccc21. The third-order valence-corrected chi connectivity index (χ3v) is 6.69. The number of carbonyl (C=O) groups excluding carboxylic acids is 3. The summed E-state index contributed by atoms with van der Waals surface area (Å²) in [5.74, 6) is -2.16. The molecule has 7 nitrogen and oxygen atoms in total. The van der Waals surface area contributed by atoms with Gasteiger partial charge in [-0.05, 0) is 51.0 Å². The number of likely N-dealkylation sites (tertiary alicyclic amines) is 1. The molecule has 0 aliphatic carbocycles. The number of nitrogens with zero attached hydrogens (tertiary/aromatic N) is 1. The molecule has 3 amide bonds. The normalized spacial score (nSPS) is 29.5. The zero-order valence-corrected chi connectivity index (χ0v) is 17.7. The number of carbonyl (C=O) groups is 3. The van der Waals surface area contributed by atoms with Gasteiger partial charge in [0.2, 0.25) is 17.7 Å². The summed E-state index contributed by atoms with van der Waals surface area (Å²) >= 11 is 0. The van der Waals surface area contributed by atoms with Crippen molar-refractivity contribution >= 4 is 23.4 Å². The summed E-state index contributed by atoms with van der Waals surface area (Å²) < 4.78 is 0. The number of benzene rings is 2. The molecule has 31 heavy (non-hydrogen) atoms. The van der Waals surface area contributed by atoms with Gasteiger partial charge in [-0.2, -0.15) is 0 Å². The van der Waals surface area contributed by atoms with Crippen molar-refractivity contribution in [1.82, 2.24) is 10.2 Å². The lowest BCUT2D eigenvalue weighted by atomic mass is 9.76. The fraction of sp³-hybridized carbons (Fsp3) is 0.375. The van der Waals surface area contributed by atoms with E-state index in [4.69, 9.17) is 0 Å². The minimum atomic E-state index is -1.28. The highest BCUT2D eigenvalue weighted by Gasteiger charge is 2.71. The van der Waals surface area contributed by atoms with Crippen LogP contribution in [0.15, 0.2) is 48.5 Å². The Balaban J connectivity index is 1.64. The van der Waals surface area contributed by atoms with Gasteiger partial charge >= 0.3 is 0 Å². The monoisotopic (exact) mass is 419 g/mol. The summed E-state index contributed by atoms with van der Waals surface area (Å²) in [4.78, 5) is 41.9. The zero-order chi connectivity index (χ0) is 22.1. The van der Waals surface area contributed by atoms with Crippen LogP contribution < -0.4 is 10.6 Å². The molecule has 5 rings (SSSR count). The predicted molar refractivity (Wildman–Crippen MR) is 114 cm³/mol. The van der Waals surface area contributed by atoms with Crippen molar-refractivity contribution in [2.75, 3.05) is 5.32 Å². The second kappa shape index (κ2) is 6.40. The molecule has 0 saturated carbocycles. The summed E-state index contributed by atoms with van der Waals surface area (Å²) in [6, 6.07) is 13.7. The molecule has 0 radical (unpaired) electrons. The fourth-order valence-electron chi connectivity index (χ4n) is 5.48. The van der Waals surface area contributed by atoms with Crippen molar-refractivity contribution in [2.24, 2.45) is 11.8 Å². The summed E-state index contributed by atoms with van der Waals surface area (Å²) in [6.07, 6.45) is 0.454. The Morgan fingerprint density at radius 2 is 1.68 bits per heavy atom. The molecule has 160 valence electrons. The first-order valence-corrected chi connectivity index (χ1v) is 10.5. The number of rotatable bonds is 2. The van der Waals surface area contributed by atoms with Crippen molar-refractivity contribution in [3.05, 3.63) is 59.7 Å². The minimum absolute atomic E-state index is 0.160. The van der Waals surface area contributed by atoms with E-state index in [1.807, 2.05) is 45.0 Å². The van der Waals surface area contributed by atoms with E-state index >= 15 is 0 Å². The van der Waals surface area contributed by atoms with Crippen LogP contribution in [0.1, 0.15) is 31.9 Å². The van der Waals surface area contributed by atoms with E-state index in [9.17, 15) is 19.5 Å². The molecule has 3 aliphatic heterocycles. The molecule has 3 N–H and O–H groups in total. The van der Waals surface area contributed by atoms with Gasteiger partial charge in [-0.15, -0.1) is 0 Å². The van der Waals surface area contributed by atoms with E-state index in [1.54, 1.807) is 24.3 Å². The van der Waals surface area contributed by atoms with Crippen LogP contribution in [0.5, 0.6) is 5.75 Å². The average Bonchev–Trinajstić information content (AvgIpc) is 3.28. The lowest BCUT2D eigenvalue weighted by Crippen LogP contribution is -2.56. The first kappa shape index (κ1) is 19.8. The van der Waals surface area contributed by atoms with Crippen molar-refractivity contribution in [1.29, 1.82) is 0 Å². The molecule has 2 aromatic carbocycles. The van der Waals surface area contributed by atoms with Gasteiger partial charge in [-0.3, -0.25) is 24.6 Å². The maximum Gasteiger partial charge on any atom is 0.250 e.